The third kappa shape index (κ3) is 3.99. The fraction of sp³-hybridized carbons (Fsp3) is 0.462. The number of anilines is 2. The molecule has 0 atom stereocenters. The molecule has 1 aromatic carbocycles. The number of amides is 1. The number of rotatable bonds is 6. The molecule has 0 radical (unpaired) electrons. The van der Waals surface area contributed by atoms with Gasteiger partial charge in [0.05, 0.1) is 28.9 Å². The van der Waals surface area contributed by atoms with E-state index in [2.05, 4.69) is 5.32 Å². The minimum atomic E-state index is -0.209. The first kappa shape index (κ1) is 15.4. The molecule has 0 heterocycles. The quantitative estimate of drug-likeness (QED) is 0.701. The molecule has 0 saturated heterocycles. The van der Waals surface area contributed by atoms with Crippen molar-refractivity contribution in [3.63, 3.8) is 0 Å². The molecule has 0 aromatic heterocycles. The zero-order chi connectivity index (χ0) is 14.7. The van der Waals surface area contributed by atoms with Crippen LogP contribution in [0, 0.1) is 0 Å². The fourth-order valence-electron chi connectivity index (χ4n) is 2.03. The van der Waals surface area contributed by atoms with Gasteiger partial charge in [0.1, 0.15) is 0 Å². The highest BCUT2D eigenvalue weighted by Gasteiger charge is 2.29. The van der Waals surface area contributed by atoms with Gasteiger partial charge in [0.25, 0.3) is 0 Å². The second-order valence-electron chi connectivity index (χ2n) is 4.83. The van der Waals surface area contributed by atoms with Crippen LogP contribution in [0.3, 0.4) is 0 Å². The number of hydrogen-bond acceptors (Lipinski definition) is 4. The summed E-state index contributed by atoms with van der Waals surface area (Å²) in [4.78, 5) is 14.0. The number of nitrogen functional groups attached to an aromatic ring is 1. The summed E-state index contributed by atoms with van der Waals surface area (Å²) in [5, 5.41) is 12.3. The molecule has 0 spiro atoms. The predicted octanol–water partition coefficient (Wildman–Crippen LogP) is 1.97. The molecule has 4 N–H and O–H groups in total. The van der Waals surface area contributed by atoms with Crippen LogP contribution < -0.4 is 11.1 Å². The van der Waals surface area contributed by atoms with Crippen LogP contribution in [0.4, 0.5) is 11.4 Å². The summed E-state index contributed by atoms with van der Waals surface area (Å²) in [5.41, 5.74) is 6.42. The molecule has 1 aliphatic carbocycles. The van der Waals surface area contributed by atoms with Gasteiger partial charge in [0, 0.05) is 18.3 Å². The average molecular weight is 318 g/mol. The minimum Gasteiger partial charge on any atom is -0.399 e. The molecule has 1 aliphatic rings. The van der Waals surface area contributed by atoms with E-state index in [1.54, 1.807) is 0 Å². The van der Waals surface area contributed by atoms with Gasteiger partial charge in [-0.05, 0) is 25.0 Å². The summed E-state index contributed by atoms with van der Waals surface area (Å²) in [5.74, 6) is -0.209. The lowest BCUT2D eigenvalue weighted by molar-refractivity contribution is -0.117. The van der Waals surface area contributed by atoms with Crippen LogP contribution in [0.1, 0.15) is 12.8 Å². The zero-order valence-electron chi connectivity index (χ0n) is 10.9. The summed E-state index contributed by atoms with van der Waals surface area (Å²) in [7, 11) is 0. The van der Waals surface area contributed by atoms with Gasteiger partial charge in [-0.25, -0.2) is 0 Å². The SMILES string of the molecule is Nc1cc(Cl)c(NC(=O)CN(CCO)C2CC2)c(Cl)c1. The van der Waals surface area contributed by atoms with Crippen LogP contribution in [0.15, 0.2) is 12.1 Å². The highest BCUT2D eigenvalue weighted by atomic mass is 35.5. The summed E-state index contributed by atoms with van der Waals surface area (Å²) in [6.07, 6.45) is 2.13. The summed E-state index contributed by atoms with van der Waals surface area (Å²) in [6, 6.07) is 3.47. The monoisotopic (exact) mass is 317 g/mol. The van der Waals surface area contributed by atoms with Crippen LogP contribution in [0.25, 0.3) is 0 Å². The van der Waals surface area contributed by atoms with Gasteiger partial charge in [-0.15, -0.1) is 0 Å². The van der Waals surface area contributed by atoms with E-state index in [9.17, 15) is 4.79 Å². The van der Waals surface area contributed by atoms with Crippen molar-refractivity contribution in [1.82, 2.24) is 4.90 Å². The van der Waals surface area contributed by atoms with Crippen LogP contribution >= 0.6 is 23.2 Å². The topological polar surface area (TPSA) is 78.6 Å². The number of halogens is 2. The number of carbonyl (C=O) groups is 1. The van der Waals surface area contributed by atoms with Crippen LogP contribution in [0.5, 0.6) is 0 Å². The van der Waals surface area contributed by atoms with Crippen molar-refractivity contribution in [3.8, 4) is 0 Å². The molecule has 110 valence electrons. The lowest BCUT2D eigenvalue weighted by atomic mass is 10.2. The Morgan fingerprint density at radius 1 is 1.40 bits per heavy atom. The molecule has 2 rings (SSSR count). The first-order valence-electron chi connectivity index (χ1n) is 6.40. The molecule has 1 fully saturated rings. The standard InChI is InChI=1S/C13H17Cl2N3O2/c14-10-5-8(16)6-11(15)13(10)17-12(20)7-18(3-4-19)9-1-2-9/h5-6,9,19H,1-4,7,16H2,(H,17,20). The number of hydrogen-bond donors (Lipinski definition) is 3. The van der Waals surface area contributed by atoms with Gasteiger partial charge in [0.2, 0.25) is 5.91 Å². The number of aliphatic hydroxyl groups excluding tert-OH is 1. The fourth-order valence-corrected chi connectivity index (χ4v) is 2.63. The molecule has 7 heteroatoms. The molecule has 0 unspecified atom stereocenters. The number of nitrogens with two attached hydrogens (primary N) is 1. The highest BCUT2D eigenvalue weighted by molar-refractivity contribution is 6.40. The molecule has 20 heavy (non-hydrogen) atoms. The smallest absolute Gasteiger partial charge is 0.238 e. The van der Waals surface area contributed by atoms with Gasteiger partial charge in [-0.2, -0.15) is 0 Å². The number of benzene rings is 1. The van der Waals surface area contributed by atoms with Crippen molar-refractivity contribution < 1.29 is 9.90 Å². The Hall–Kier alpha value is -1.01. The highest BCUT2D eigenvalue weighted by Crippen LogP contribution is 2.33. The summed E-state index contributed by atoms with van der Waals surface area (Å²) < 4.78 is 0. The van der Waals surface area contributed by atoms with E-state index in [-0.39, 0.29) is 19.1 Å². The normalized spacial score (nSPS) is 14.6. The lowest BCUT2D eigenvalue weighted by Gasteiger charge is -2.20. The molecular weight excluding hydrogens is 301 g/mol. The van der Waals surface area contributed by atoms with Crippen molar-refractivity contribution in [1.29, 1.82) is 0 Å². The van der Waals surface area contributed by atoms with Gasteiger partial charge in [-0.1, -0.05) is 23.2 Å². The van der Waals surface area contributed by atoms with E-state index in [0.29, 0.717) is 34.0 Å². The third-order valence-electron chi connectivity index (χ3n) is 3.13. The molecular formula is C13H17Cl2N3O2. The Bertz CT molecular complexity index is 483. The first-order valence-corrected chi connectivity index (χ1v) is 7.16. The van der Waals surface area contributed by atoms with Crippen molar-refractivity contribution in [2.24, 2.45) is 0 Å². The maximum absolute atomic E-state index is 12.0. The minimum absolute atomic E-state index is 0.0349. The largest absolute Gasteiger partial charge is 0.399 e. The second-order valence-corrected chi connectivity index (χ2v) is 5.65. The molecule has 0 bridgehead atoms. The summed E-state index contributed by atoms with van der Waals surface area (Å²) >= 11 is 12.0. The van der Waals surface area contributed by atoms with Crippen molar-refractivity contribution in [2.75, 3.05) is 30.7 Å². The number of carbonyl (C=O) groups excluding carboxylic acids is 1. The summed E-state index contributed by atoms with van der Waals surface area (Å²) in [6.45, 7) is 0.733. The number of aliphatic hydroxyl groups is 1. The van der Waals surface area contributed by atoms with Crippen molar-refractivity contribution in [2.45, 2.75) is 18.9 Å². The van der Waals surface area contributed by atoms with E-state index < -0.39 is 0 Å². The van der Waals surface area contributed by atoms with Gasteiger partial charge in [0.15, 0.2) is 0 Å². The van der Waals surface area contributed by atoms with Crippen LogP contribution in [-0.2, 0) is 4.79 Å². The van der Waals surface area contributed by atoms with E-state index in [1.807, 2.05) is 4.90 Å². The third-order valence-corrected chi connectivity index (χ3v) is 3.72. The number of nitrogens with one attached hydrogen (secondary N) is 1. The molecule has 1 saturated carbocycles. The van der Waals surface area contributed by atoms with Gasteiger partial charge >= 0.3 is 0 Å². The number of nitrogens with zero attached hydrogens (tertiary/aromatic N) is 1. The first-order chi connectivity index (χ1) is 9.51. The lowest BCUT2D eigenvalue weighted by Crippen LogP contribution is -2.36. The second kappa shape index (κ2) is 6.63. The maximum atomic E-state index is 12.0. The molecule has 0 aliphatic heterocycles. The molecule has 5 nitrogen and oxygen atoms in total. The molecule has 1 amide bonds. The van der Waals surface area contributed by atoms with Crippen molar-refractivity contribution in [3.05, 3.63) is 22.2 Å². The van der Waals surface area contributed by atoms with Gasteiger partial charge < -0.3 is 16.2 Å². The Kier molecular flexibility index (Phi) is 5.10. The Labute approximate surface area is 127 Å². The van der Waals surface area contributed by atoms with Gasteiger partial charge in [-0.3, -0.25) is 9.69 Å². The van der Waals surface area contributed by atoms with E-state index in [0.717, 1.165) is 12.8 Å². The Balaban J connectivity index is 2.00. The maximum Gasteiger partial charge on any atom is 0.238 e. The average Bonchev–Trinajstić information content (AvgIpc) is 3.17. The van der Waals surface area contributed by atoms with E-state index in [1.165, 1.54) is 12.1 Å². The Morgan fingerprint density at radius 2 is 2.00 bits per heavy atom. The Morgan fingerprint density at radius 3 is 2.50 bits per heavy atom. The van der Waals surface area contributed by atoms with Crippen LogP contribution in [-0.4, -0.2) is 41.7 Å². The van der Waals surface area contributed by atoms with Crippen LogP contribution in [0.2, 0.25) is 10.0 Å². The van der Waals surface area contributed by atoms with E-state index in [4.69, 9.17) is 34.0 Å². The zero-order valence-corrected chi connectivity index (χ0v) is 12.4. The molecule has 1 aromatic rings. The predicted molar refractivity (Wildman–Crippen MR) is 81.2 cm³/mol. The van der Waals surface area contributed by atoms with E-state index >= 15 is 0 Å². The van der Waals surface area contributed by atoms with Crippen molar-refractivity contribution >= 4 is 40.5 Å².